The van der Waals surface area contributed by atoms with Crippen molar-refractivity contribution in [2.24, 2.45) is 0 Å². The number of carbonyl (C=O) groups excluding carboxylic acids is 1. The van der Waals surface area contributed by atoms with Crippen molar-refractivity contribution in [1.82, 2.24) is 5.32 Å². The van der Waals surface area contributed by atoms with Gasteiger partial charge in [0.25, 0.3) is 5.91 Å². The summed E-state index contributed by atoms with van der Waals surface area (Å²) in [5.74, 6) is 1.68. The molecule has 0 fully saturated rings. The number of hydrogen-bond acceptors (Lipinski definition) is 3. The molecule has 1 atom stereocenters. The minimum absolute atomic E-state index is 0.0610. The maximum Gasteiger partial charge on any atom is 0.251 e. The van der Waals surface area contributed by atoms with Crippen LogP contribution in [0.15, 0.2) is 42.5 Å². The van der Waals surface area contributed by atoms with Crippen LogP contribution in [0.2, 0.25) is 0 Å². The molecule has 2 aromatic carbocycles. The average molecular weight is 311 g/mol. The third kappa shape index (κ3) is 3.31. The number of fused-ring (bicyclic) bond motifs is 1. The molecule has 2 aromatic rings. The highest BCUT2D eigenvalue weighted by molar-refractivity contribution is 5.95. The van der Waals surface area contributed by atoms with E-state index in [4.69, 9.17) is 9.47 Å². The van der Waals surface area contributed by atoms with E-state index in [0.29, 0.717) is 23.0 Å². The second-order valence-electron chi connectivity index (χ2n) is 6.08. The molecule has 120 valence electrons. The number of hydrogen-bond donors (Lipinski definition) is 1. The number of carbonyl (C=O) groups is 1. The van der Waals surface area contributed by atoms with Gasteiger partial charge in [-0.2, -0.15) is 0 Å². The second kappa shape index (κ2) is 6.32. The van der Waals surface area contributed by atoms with E-state index >= 15 is 0 Å². The first-order valence-corrected chi connectivity index (χ1v) is 7.85. The molecule has 0 saturated heterocycles. The molecule has 0 aliphatic carbocycles. The summed E-state index contributed by atoms with van der Waals surface area (Å²) in [6.07, 6.45) is 0. The van der Waals surface area contributed by atoms with Gasteiger partial charge in [-0.3, -0.25) is 4.79 Å². The molecule has 1 N–H and O–H groups in total. The van der Waals surface area contributed by atoms with Gasteiger partial charge in [-0.1, -0.05) is 38.1 Å². The summed E-state index contributed by atoms with van der Waals surface area (Å²) < 4.78 is 10.6. The first-order chi connectivity index (χ1) is 11.0. The fourth-order valence-electron chi connectivity index (χ4n) is 2.57. The Balaban J connectivity index is 1.69. The zero-order chi connectivity index (χ0) is 16.4. The van der Waals surface area contributed by atoms with Crippen molar-refractivity contribution in [2.45, 2.75) is 32.7 Å². The lowest BCUT2D eigenvalue weighted by atomic mass is 9.99. The van der Waals surface area contributed by atoms with Crippen LogP contribution in [0.25, 0.3) is 0 Å². The summed E-state index contributed by atoms with van der Waals surface area (Å²) in [5.41, 5.74) is 2.95. The molecule has 0 saturated carbocycles. The van der Waals surface area contributed by atoms with E-state index in [9.17, 15) is 4.79 Å². The zero-order valence-corrected chi connectivity index (χ0v) is 13.6. The molecule has 1 unspecified atom stereocenters. The van der Waals surface area contributed by atoms with Gasteiger partial charge in [0, 0.05) is 5.56 Å². The largest absolute Gasteiger partial charge is 0.454 e. The number of rotatable bonds is 4. The predicted octanol–water partition coefficient (Wildman–Crippen LogP) is 4.03. The maximum absolute atomic E-state index is 12.4. The standard InChI is InChI=1S/C19H21NO3/c1-12(2)14-4-6-15(7-5-14)13(3)20-19(21)16-8-9-17-18(10-16)23-11-22-17/h4-10,12-13H,11H2,1-3H3,(H,20,21). The molecule has 4 heteroatoms. The lowest BCUT2D eigenvalue weighted by Crippen LogP contribution is -2.26. The van der Waals surface area contributed by atoms with Crippen LogP contribution in [0.5, 0.6) is 11.5 Å². The number of ether oxygens (including phenoxy) is 2. The molecule has 1 aliphatic rings. The lowest BCUT2D eigenvalue weighted by Gasteiger charge is -2.16. The highest BCUT2D eigenvalue weighted by atomic mass is 16.7. The van der Waals surface area contributed by atoms with Crippen LogP contribution in [0.1, 0.15) is 54.2 Å². The third-order valence-corrected chi connectivity index (χ3v) is 4.09. The van der Waals surface area contributed by atoms with Crippen molar-refractivity contribution in [3.8, 4) is 11.5 Å². The van der Waals surface area contributed by atoms with Gasteiger partial charge < -0.3 is 14.8 Å². The molecule has 1 amide bonds. The van der Waals surface area contributed by atoms with E-state index in [0.717, 1.165) is 5.56 Å². The molecule has 0 radical (unpaired) electrons. The van der Waals surface area contributed by atoms with Gasteiger partial charge >= 0.3 is 0 Å². The first-order valence-electron chi connectivity index (χ1n) is 7.85. The molecule has 0 aromatic heterocycles. The fraction of sp³-hybridized carbons (Fsp3) is 0.316. The van der Waals surface area contributed by atoms with Crippen LogP contribution >= 0.6 is 0 Å². The van der Waals surface area contributed by atoms with E-state index in [1.807, 2.05) is 6.92 Å². The van der Waals surface area contributed by atoms with E-state index in [2.05, 4.69) is 43.4 Å². The van der Waals surface area contributed by atoms with Gasteiger partial charge in [0.15, 0.2) is 11.5 Å². The van der Waals surface area contributed by atoms with Crippen molar-refractivity contribution in [3.63, 3.8) is 0 Å². The van der Waals surface area contributed by atoms with Crippen LogP contribution in [-0.2, 0) is 0 Å². The van der Waals surface area contributed by atoms with Crippen LogP contribution in [0.4, 0.5) is 0 Å². The summed E-state index contributed by atoms with van der Waals surface area (Å²) in [6, 6.07) is 13.5. The summed E-state index contributed by atoms with van der Waals surface area (Å²) in [7, 11) is 0. The topological polar surface area (TPSA) is 47.6 Å². The van der Waals surface area contributed by atoms with Gasteiger partial charge in [-0.15, -0.1) is 0 Å². The summed E-state index contributed by atoms with van der Waals surface area (Å²) >= 11 is 0. The first kappa shape index (κ1) is 15.4. The van der Waals surface area contributed by atoms with Crippen LogP contribution in [-0.4, -0.2) is 12.7 Å². The molecule has 1 heterocycles. The summed E-state index contributed by atoms with van der Waals surface area (Å²) in [5, 5.41) is 3.02. The van der Waals surface area contributed by atoms with Gasteiger partial charge in [-0.25, -0.2) is 0 Å². The predicted molar refractivity (Wildman–Crippen MR) is 89.0 cm³/mol. The van der Waals surface area contributed by atoms with Crippen LogP contribution in [0, 0.1) is 0 Å². The minimum Gasteiger partial charge on any atom is -0.454 e. The second-order valence-corrected chi connectivity index (χ2v) is 6.08. The Morgan fingerprint density at radius 2 is 1.61 bits per heavy atom. The Morgan fingerprint density at radius 1 is 0.957 bits per heavy atom. The number of nitrogens with one attached hydrogen (secondary N) is 1. The molecule has 23 heavy (non-hydrogen) atoms. The highest BCUT2D eigenvalue weighted by Gasteiger charge is 2.17. The van der Waals surface area contributed by atoms with Gasteiger partial charge in [0.05, 0.1) is 6.04 Å². The van der Waals surface area contributed by atoms with E-state index < -0.39 is 0 Å². The van der Waals surface area contributed by atoms with E-state index in [1.54, 1.807) is 18.2 Å². The van der Waals surface area contributed by atoms with Crippen molar-refractivity contribution in [2.75, 3.05) is 6.79 Å². The van der Waals surface area contributed by atoms with Gasteiger partial charge in [-0.05, 0) is 42.2 Å². The van der Waals surface area contributed by atoms with E-state index in [1.165, 1.54) is 5.56 Å². The monoisotopic (exact) mass is 311 g/mol. The third-order valence-electron chi connectivity index (χ3n) is 4.09. The molecule has 3 rings (SSSR count). The van der Waals surface area contributed by atoms with Gasteiger partial charge in [0.2, 0.25) is 6.79 Å². The Labute approximate surface area is 136 Å². The lowest BCUT2D eigenvalue weighted by molar-refractivity contribution is 0.0939. The average Bonchev–Trinajstić information content (AvgIpc) is 3.02. The molecular formula is C19H21NO3. The molecular weight excluding hydrogens is 290 g/mol. The Kier molecular flexibility index (Phi) is 4.24. The quantitative estimate of drug-likeness (QED) is 0.927. The van der Waals surface area contributed by atoms with Crippen molar-refractivity contribution in [3.05, 3.63) is 59.2 Å². The Hall–Kier alpha value is -2.49. The van der Waals surface area contributed by atoms with Crippen LogP contribution in [0.3, 0.4) is 0 Å². The van der Waals surface area contributed by atoms with Gasteiger partial charge in [0.1, 0.15) is 0 Å². The summed E-state index contributed by atoms with van der Waals surface area (Å²) in [4.78, 5) is 12.4. The smallest absolute Gasteiger partial charge is 0.251 e. The van der Waals surface area contributed by atoms with Crippen molar-refractivity contribution >= 4 is 5.91 Å². The molecule has 4 nitrogen and oxygen atoms in total. The normalized spacial score (nSPS) is 13.9. The minimum atomic E-state index is -0.122. The Morgan fingerprint density at radius 3 is 2.30 bits per heavy atom. The maximum atomic E-state index is 12.4. The van der Waals surface area contributed by atoms with Crippen molar-refractivity contribution in [1.29, 1.82) is 0 Å². The Bertz CT molecular complexity index is 707. The SMILES string of the molecule is CC(C)c1ccc(C(C)NC(=O)c2ccc3c(c2)OCO3)cc1. The molecule has 0 bridgehead atoms. The highest BCUT2D eigenvalue weighted by Crippen LogP contribution is 2.32. The molecule has 0 spiro atoms. The number of amides is 1. The molecule has 1 aliphatic heterocycles. The summed E-state index contributed by atoms with van der Waals surface area (Å²) in [6.45, 7) is 6.52. The van der Waals surface area contributed by atoms with Crippen LogP contribution < -0.4 is 14.8 Å². The number of benzene rings is 2. The van der Waals surface area contributed by atoms with E-state index in [-0.39, 0.29) is 18.7 Å². The zero-order valence-electron chi connectivity index (χ0n) is 13.6. The fourth-order valence-corrected chi connectivity index (χ4v) is 2.57. The van der Waals surface area contributed by atoms with Crippen molar-refractivity contribution < 1.29 is 14.3 Å².